The first-order valence-electron chi connectivity index (χ1n) is 7.37. The summed E-state index contributed by atoms with van der Waals surface area (Å²) in [4.78, 5) is 2.53. The third-order valence-corrected chi connectivity index (χ3v) is 4.47. The second kappa shape index (κ2) is 6.75. The van der Waals surface area contributed by atoms with E-state index in [0.717, 1.165) is 5.92 Å². The fourth-order valence-corrected chi connectivity index (χ4v) is 3.46. The van der Waals surface area contributed by atoms with Crippen LogP contribution >= 0.6 is 0 Å². The van der Waals surface area contributed by atoms with Crippen molar-refractivity contribution in [2.75, 3.05) is 27.2 Å². The fourth-order valence-electron chi connectivity index (χ4n) is 3.46. The molecule has 0 bridgehead atoms. The Morgan fingerprint density at radius 1 is 1.29 bits per heavy atom. The minimum Gasteiger partial charge on any atom is -0.316 e. The van der Waals surface area contributed by atoms with Crippen molar-refractivity contribution in [1.82, 2.24) is 10.2 Å². The van der Waals surface area contributed by atoms with Gasteiger partial charge in [0.25, 0.3) is 0 Å². The van der Waals surface area contributed by atoms with Gasteiger partial charge in [0.15, 0.2) is 0 Å². The van der Waals surface area contributed by atoms with Crippen molar-refractivity contribution in [3.05, 3.63) is 0 Å². The van der Waals surface area contributed by atoms with Crippen LogP contribution in [0, 0.1) is 11.3 Å². The zero-order chi connectivity index (χ0) is 12.9. The fraction of sp³-hybridized carbons (Fsp3) is 1.00. The van der Waals surface area contributed by atoms with Crippen molar-refractivity contribution in [3.63, 3.8) is 0 Å². The van der Waals surface area contributed by atoms with E-state index in [9.17, 15) is 0 Å². The second-order valence-electron chi connectivity index (χ2n) is 6.52. The average Bonchev–Trinajstić information content (AvgIpc) is 2.54. The summed E-state index contributed by atoms with van der Waals surface area (Å²) >= 11 is 0. The lowest BCUT2D eigenvalue weighted by molar-refractivity contribution is 0.209. The molecule has 0 saturated heterocycles. The van der Waals surface area contributed by atoms with Crippen LogP contribution in [0.3, 0.4) is 0 Å². The van der Waals surface area contributed by atoms with Crippen molar-refractivity contribution < 1.29 is 0 Å². The Bertz CT molecular complexity index is 213. The van der Waals surface area contributed by atoms with E-state index in [1.807, 2.05) is 0 Å². The standard InChI is InChI=1S/C15H32N2/c1-6-7-8-11-17(5)12-13-9-10-15(2,3)14(13)16-4/h13-14,16H,6-12H2,1-5H3. The van der Waals surface area contributed by atoms with Gasteiger partial charge in [0.2, 0.25) is 0 Å². The smallest absolute Gasteiger partial charge is 0.0156 e. The quantitative estimate of drug-likeness (QED) is 0.688. The van der Waals surface area contributed by atoms with Crippen molar-refractivity contribution >= 4 is 0 Å². The summed E-state index contributed by atoms with van der Waals surface area (Å²) in [5, 5.41) is 3.55. The van der Waals surface area contributed by atoms with E-state index in [2.05, 4.69) is 45.1 Å². The van der Waals surface area contributed by atoms with Crippen molar-refractivity contribution in [1.29, 1.82) is 0 Å². The zero-order valence-electron chi connectivity index (χ0n) is 12.6. The van der Waals surface area contributed by atoms with Gasteiger partial charge in [0.1, 0.15) is 0 Å². The van der Waals surface area contributed by atoms with Gasteiger partial charge in [0.05, 0.1) is 0 Å². The third kappa shape index (κ3) is 4.26. The van der Waals surface area contributed by atoms with Crippen molar-refractivity contribution in [2.45, 2.75) is 58.9 Å². The molecule has 2 nitrogen and oxygen atoms in total. The Balaban J connectivity index is 2.35. The predicted molar refractivity (Wildman–Crippen MR) is 76.4 cm³/mol. The van der Waals surface area contributed by atoms with Gasteiger partial charge in [-0.05, 0) is 51.2 Å². The lowest BCUT2D eigenvalue weighted by Gasteiger charge is -2.32. The summed E-state index contributed by atoms with van der Waals surface area (Å²) < 4.78 is 0. The lowest BCUT2D eigenvalue weighted by Crippen LogP contribution is -2.43. The SMILES string of the molecule is CCCCCN(C)CC1CCC(C)(C)C1NC. The van der Waals surface area contributed by atoms with Crippen molar-refractivity contribution in [3.8, 4) is 0 Å². The van der Waals surface area contributed by atoms with Crippen LogP contribution in [0.25, 0.3) is 0 Å². The monoisotopic (exact) mass is 240 g/mol. The summed E-state index contributed by atoms with van der Waals surface area (Å²) in [5.74, 6) is 0.835. The van der Waals surface area contributed by atoms with Gasteiger partial charge in [-0.25, -0.2) is 0 Å². The highest BCUT2D eigenvalue weighted by Gasteiger charge is 2.40. The molecule has 0 aromatic carbocycles. The lowest BCUT2D eigenvalue weighted by atomic mass is 9.85. The minimum absolute atomic E-state index is 0.476. The van der Waals surface area contributed by atoms with Crippen LogP contribution in [0.2, 0.25) is 0 Å². The maximum absolute atomic E-state index is 3.55. The van der Waals surface area contributed by atoms with E-state index in [-0.39, 0.29) is 0 Å². The Kier molecular flexibility index (Phi) is 5.94. The maximum Gasteiger partial charge on any atom is 0.0156 e. The molecule has 0 aromatic heterocycles. The van der Waals surface area contributed by atoms with Gasteiger partial charge in [0, 0.05) is 12.6 Å². The first kappa shape index (κ1) is 15.0. The summed E-state index contributed by atoms with van der Waals surface area (Å²) in [6, 6.07) is 0.691. The highest BCUT2D eigenvalue weighted by molar-refractivity contribution is 4.96. The van der Waals surface area contributed by atoms with Crippen LogP contribution in [-0.2, 0) is 0 Å². The first-order chi connectivity index (χ1) is 8.01. The molecule has 2 unspecified atom stereocenters. The number of hydrogen-bond acceptors (Lipinski definition) is 2. The molecule has 1 N–H and O–H groups in total. The van der Waals surface area contributed by atoms with Gasteiger partial charge in [-0.3, -0.25) is 0 Å². The number of rotatable bonds is 7. The molecular weight excluding hydrogens is 208 g/mol. The van der Waals surface area contributed by atoms with E-state index >= 15 is 0 Å². The molecule has 17 heavy (non-hydrogen) atoms. The van der Waals surface area contributed by atoms with E-state index in [0.29, 0.717) is 11.5 Å². The van der Waals surface area contributed by atoms with E-state index < -0.39 is 0 Å². The number of hydrogen-bond donors (Lipinski definition) is 1. The Hall–Kier alpha value is -0.0800. The molecule has 1 aliphatic carbocycles. The molecule has 0 aliphatic heterocycles. The van der Waals surface area contributed by atoms with Crippen LogP contribution < -0.4 is 5.32 Å². The van der Waals surface area contributed by atoms with Crippen LogP contribution in [0.5, 0.6) is 0 Å². The molecule has 2 atom stereocenters. The molecule has 1 rings (SSSR count). The van der Waals surface area contributed by atoms with E-state index in [4.69, 9.17) is 0 Å². The maximum atomic E-state index is 3.55. The van der Waals surface area contributed by atoms with Gasteiger partial charge in [-0.1, -0.05) is 33.6 Å². The molecule has 1 aliphatic rings. The zero-order valence-corrected chi connectivity index (χ0v) is 12.6. The number of nitrogens with zero attached hydrogens (tertiary/aromatic N) is 1. The minimum atomic E-state index is 0.476. The van der Waals surface area contributed by atoms with E-state index in [1.165, 1.54) is 45.2 Å². The van der Waals surface area contributed by atoms with Gasteiger partial charge < -0.3 is 10.2 Å². The summed E-state index contributed by atoms with van der Waals surface area (Å²) in [5.41, 5.74) is 0.476. The predicted octanol–water partition coefficient (Wildman–Crippen LogP) is 3.13. The average molecular weight is 240 g/mol. The molecule has 2 heteroatoms. The van der Waals surface area contributed by atoms with Gasteiger partial charge in [-0.2, -0.15) is 0 Å². The summed E-state index contributed by atoms with van der Waals surface area (Å²) in [6.07, 6.45) is 6.80. The Labute approximate surface area is 108 Å². The van der Waals surface area contributed by atoms with Crippen LogP contribution in [0.1, 0.15) is 52.9 Å². The molecule has 1 saturated carbocycles. The highest BCUT2D eigenvalue weighted by atomic mass is 15.1. The van der Waals surface area contributed by atoms with Crippen LogP contribution in [0.4, 0.5) is 0 Å². The molecule has 0 heterocycles. The Morgan fingerprint density at radius 2 is 2.00 bits per heavy atom. The third-order valence-electron chi connectivity index (χ3n) is 4.47. The molecule has 0 aromatic rings. The normalized spacial score (nSPS) is 27.9. The molecule has 0 amide bonds. The molecule has 102 valence electrons. The number of nitrogens with one attached hydrogen (secondary N) is 1. The van der Waals surface area contributed by atoms with Crippen molar-refractivity contribution in [2.24, 2.45) is 11.3 Å². The largest absolute Gasteiger partial charge is 0.316 e. The van der Waals surface area contributed by atoms with Gasteiger partial charge in [-0.15, -0.1) is 0 Å². The molecular formula is C15H32N2. The number of unbranched alkanes of at least 4 members (excludes halogenated alkanes) is 2. The highest BCUT2D eigenvalue weighted by Crippen LogP contribution is 2.41. The van der Waals surface area contributed by atoms with Crippen LogP contribution in [-0.4, -0.2) is 38.1 Å². The first-order valence-corrected chi connectivity index (χ1v) is 7.37. The summed E-state index contributed by atoms with van der Waals surface area (Å²) in [6.45, 7) is 9.62. The second-order valence-corrected chi connectivity index (χ2v) is 6.52. The van der Waals surface area contributed by atoms with Gasteiger partial charge >= 0.3 is 0 Å². The molecule has 0 spiro atoms. The molecule has 0 radical (unpaired) electrons. The topological polar surface area (TPSA) is 15.3 Å². The van der Waals surface area contributed by atoms with Crippen LogP contribution in [0.15, 0.2) is 0 Å². The van der Waals surface area contributed by atoms with E-state index in [1.54, 1.807) is 0 Å². The Morgan fingerprint density at radius 3 is 2.59 bits per heavy atom. The molecule has 1 fully saturated rings. The summed E-state index contributed by atoms with van der Waals surface area (Å²) in [7, 11) is 4.41.